The van der Waals surface area contributed by atoms with Gasteiger partial charge >= 0.3 is 0 Å². The van der Waals surface area contributed by atoms with E-state index in [9.17, 15) is 4.79 Å². The summed E-state index contributed by atoms with van der Waals surface area (Å²) < 4.78 is 5.50. The molecule has 0 spiro atoms. The van der Waals surface area contributed by atoms with Gasteiger partial charge < -0.3 is 9.64 Å². The topological polar surface area (TPSA) is 29.5 Å². The van der Waals surface area contributed by atoms with Crippen molar-refractivity contribution >= 4 is 5.91 Å². The van der Waals surface area contributed by atoms with Gasteiger partial charge in [-0.05, 0) is 55.9 Å². The maximum atomic E-state index is 12.7. The maximum absolute atomic E-state index is 12.7. The summed E-state index contributed by atoms with van der Waals surface area (Å²) in [5.74, 6) is 1.56. The third-order valence-electron chi connectivity index (χ3n) is 4.66. The van der Waals surface area contributed by atoms with Crippen LogP contribution in [0.1, 0.15) is 35.7 Å². The first-order chi connectivity index (χ1) is 11.8. The Labute approximate surface area is 144 Å². The quantitative estimate of drug-likeness (QED) is 0.826. The first kappa shape index (κ1) is 16.6. The third kappa shape index (κ3) is 4.16. The number of amides is 1. The van der Waals surface area contributed by atoms with Crippen LogP contribution in [0.3, 0.4) is 0 Å². The Kier molecular flexibility index (Phi) is 5.52. The lowest BCUT2D eigenvalue weighted by atomic mass is 9.90. The Morgan fingerprint density at radius 2 is 1.83 bits per heavy atom. The molecule has 1 saturated heterocycles. The zero-order chi connectivity index (χ0) is 16.8. The SMILES string of the molecule is CCOc1cccc(C(=O)N2CCC(Cc3ccccc3)CC2)c1. The van der Waals surface area contributed by atoms with Crippen LogP contribution in [0.15, 0.2) is 54.6 Å². The standard InChI is InChI=1S/C21H25NO2/c1-2-24-20-10-6-9-19(16-20)21(23)22-13-11-18(12-14-22)15-17-7-4-3-5-8-17/h3-10,16,18H,2,11-15H2,1H3. The number of nitrogens with zero attached hydrogens (tertiary/aromatic N) is 1. The second-order valence-corrected chi connectivity index (χ2v) is 6.39. The van der Waals surface area contributed by atoms with E-state index in [0.717, 1.165) is 43.7 Å². The summed E-state index contributed by atoms with van der Waals surface area (Å²) in [6, 6.07) is 18.1. The molecule has 0 saturated carbocycles. The average molecular weight is 323 g/mol. The molecule has 3 nitrogen and oxygen atoms in total. The molecule has 0 unspecified atom stereocenters. The van der Waals surface area contributed by atoms with Crippen LogP contribution in [0.5, 0.6) is 5.75 Å². The highest BCUT2D eigenvalue weighted by molar-refractivity contribution is 5.94. The molecule has 1 amide bonds. The van der Waals surface area contributed by atoms with Crippen molar-refractivity contribution in [2.45, 2.75) is 26.2 Å². The van der Waals surface area contributed by atoms with E-state index in [4.69, 9.17) is 4.74 Å². The number of ether oxygens (including phenoxy) is 1. The molecule has 3 heteroatoms. The van der Waals surface area contributed by atoms with Gasteiger partial charge in [0.15, 0.2) is 0 Å². The van der Waals surface area contributed by atoms with Crippen molar-refractivity contribution in [3.63, 3.8) is 0 Å². The monoisotopic (exact) mass is 323 g/mol. The van der Waals surface area contributed by atoms with Crippen LogP contribution in [0.2, 0.25) is 0 Å². The van der Waals surface area contributed by atoms with Gasteiger partial charge in [0.2, 0.25) is 0 Å². The van der Waals surface area contributed by atoms with Gasteiger partial charge in [-0.25, -0.2) is 0 Å². The van der Waals surface area contributed by atoms with Crippen molar-refractivity contribution in [2.24, 2.45) is 5.92 Å². The van der Waals surface area contributed by atoms with Crippen molar-refractivity contribution < 1.29 is 9.53 Å². The second kappa shape index (κ2) is 8.00. The van der Waals surface area contributed by atoms with Gasteiger partial charge in [-0.3, -0.25) is 4.79 Å². The van der Waals surface area contributed by atoms with Crippen LogP contribution < -0.4 is 4.74 Å². The number of benzene rings is 2. The zero-order valence-electron chi connectivity index (χ0n) is 14.3. The summed E-state index contributed by atoms with van der Waals surface area (Å²) in [4.78, 5) is 14.7. The number of hydrogen-bond donors (Lipinski definition) is 0. The Bertz CT molecular complexity index is 661. The largest absolute Gasteiger partial charge is 0.494 e. The highest BCUT2D eigenvalue weighted by Gasteiger charge is 2.23. The molecule has 2 aromatic rings. The fraction of sp³-hybridized carbons (Fsp3) is 0.381. The molecule has 0 aliphatic carbocycles. The molecule has 1 aliphatic rings. The minimum atomic E-state index is 0.120. The lowest BCUT2D eigenvalue weighted by Gasteiger charge is -2.32. The van der Waals surface area contributed by atoms with Gasteiger partial charge in [-0.1, -0.05) is 36.4 Å². The predicted molar refractivity (Wildman–Crippen MR) is 96.4 cm³/mol. The van der Waals surface area contributed by atoms with E-state index in [1.165, 1.54) is 5.56 Å². The van der Waals surface area contributed by atoms with E-state index >= 15 is 0 Å². The molecule has 0 bridgehead atoms. The van der Waals surface area contributed by atoms with Gasteiger partial charge in [0.05, 0.1) is 6.61 Å². The lowest BCUT2D eigenvalue weighted by Crippen LogP contribution is -2.38. The van der Waals surface area contributed by atoms with Crippen molar-refractivity contribution in [2.75, 3.05) is 19.7 Å². The summed E-state index contributed by atoms with van der Waals surface area (Å²) in [5, 5.41) is 0. The summed E-state index contributed by atoms with van der Waals surface area (Å²) >= 11 is 0. The molecule has 24 heavy (non-hydrogen) atoms. The van der Waals surface area contributed by atoms with Crippen LogP contribution >= 0.6 is 0 Å². The van der Waals surface area contributed by atoms with Gasteiger partial charge in [0.25, 0.3) is 5.91 Å². The normalized spacial score (nSPS) is 15.3. The van der Waals surface area contributed by atoms with E-state index in [1.807, 2.05) is 36.1 Å². The Morgan fingerprint density at radius 3 is 2.54 bits per heavy atom. The minimum Gasteiger partial charge on any atom is -0.494 e. The molecule has 126 valence electrons. The predicted octanol–water partition coefficient (Wildman–Crippen LogP) is 4.18. The lowest BCUT2D eigenvalue weighted by molar-refractivity contribution is 0.0690. The summed E-state index contributed by atoms with van der Waals surface area (Å²) in [6.45, 7) is 4.25. The smallest absolute Gasteiger partial charge is 0.253 e. The van der Waals surface area contributed by atoms with Crippen LogP contribution in [0.25, 0.3) is 0 Å². The highest BCUT2D eigenvalue weighted by Crippen LogP contribution is 2.23. The van der Waals surface area contributed by atoms with Gasteiger partial charge in [-0.15, -0.1) is 0 Å². The first-order valence-corrected chi connectivity index (χ1v) is 8.82. The van der Waals surface area contributed by atoms with Crippen molar-refractivity contribution in [1.82, 2.24) is 4.90 Å². The van der Waals surface area contributed by atoms with Crippen LogP contribution in [-0.2, 0) is 6.42 Å². The molecule has 1 heterocycles. The second-order valence-electron chi connectivity index (χ2n) is 6.39. The Morgan fingerprint density at radius 1 is 1.08 bits per heavy atom. The first-order valence-electron chi connectivity index (χ1n) is 8.82. The van der Waals surface area contributed by atoms with E-state index in [1.54, 1.807) is 0 Å². The van der Waals surface area contributed by atoms with Crippen LogP contribution in [0.4, 0.5) is 0 Å². The zero-order valence-corrected chi connectivity index (χ0v) is 14.3. The van der Waals surface area contributed by atoms with Crippen molar-refractivity contribution in [3.8, 4) is 5.75 Å². The van der Waals surface area contributed by atoms with Crippen LogP contribution in [0, 0.1) is 5.92 Å². The molecule has 0 N–H and O–H groups in total. The fourth-order valence-electron chi connectivity index (χ4n) is 3.36. The van der Waals surface area contributed by atoms with Gasteiger partial charge in [0.1, 0.15) is 5.75 Å². The number of carbonyl (C=O) groups is 1. The van der Waals surface area contributed by atoms with Crippen molar-refractivity contribution in [3.05, 3.63) is 65.7 Å². The molecular weight excluding hydrogens is 298 g/mol. The minimum absolute atomic E-state index is 0.120. The summed E-state index contributed by atoms with van der Waals surface area (Å²) in [5.41, 5.74) is 2.12. The molecule has 0 atom stereocenters. The van der Waals surface area contributed by atoms with E-state index < -0.39 is 0 Å². The van der Waals surface area contributed by atoms with Gasteiger partial charge in [0, 0.05) is 18.7 Å². The number of carbonyl (C=O) groups excluding carboxylic acids is 1. The average Bonchev–Trinajstić information content (AvgIpc) is 2.63. The number of piperidine rings is 1. The molecule has 0 radical (unpaired) electrons. The van der Waals surface area contributed by atoms with Crippen molar-refractivity contribution in [1.29, 1.82) is 0 Å². The molecule has 2 aromatic carbocycles. The van der Waals surface area contributed by atoms with Gasteiger partial charge in [-0.2, -0.15) is 0 Å². The molecule has 1 aliphatic heterocycles. The Balaban J connectivity index is 1.56. The van der Waals surface area contributed by atoms with E-state index in [0.29, 0.717) is 12.5 Å². The summed E-state index contributed by atoms with van der Waals surface area (Å²) in [6.07, 6.45) is 3.26. The number of likely N-dealkylation sites (tertiary alicyclic amines) is 1. The fourth-order valence-corrected chi connectivity index (χ4v) is 3.36. The maximum Gasteiger partial charge on any atom is 0.253 e. The molecular formula is C21H25NO2. The van der Waals surface area contributed by atoms with E-state index in [2.05, 4.69) is 30.3 Å². The number of rotatable bonds is 5. The van der Waals surface area contributed by atoms with E-state index in [-0.39, 0.29) is 5.91 Å². The third-order valence-corrected chi connectivity index (χ3v) is 4.66. The molecule has 3 rings (SSSR count). The van der Waals surface area contributed by atoms with Crippen LogP contribution in [-0.4, -0.2) is 30.5 Å². The molecule has 0 aromatic heterocycles. The number of hydrogen-bond acceptors (Lipinski definition) is 2. The summed E-state index contributed by atoms with van der Waals surface area (Å²) in [7, 11) is 0. The molecule has 1 fully saturated rings. The highest BCUT2D eigenvalue weighted by atomic mass is 16.5. The Hall–Kier alpha value is -2.29.